The number of nitrogens with one attached hydrogen (secondary N) is 1. The van der Waals surface area contributed by atoms with E-state index in [9.17, 15) is 17.9 Å². The summed E-state index contributed by atoms with van der Waals surface area (Å²) in [5, 5.41) is 18.7. The molecule has 2 atom stereocenters. The number of aliphatic hydroxyl groups excluding tert-OH is 1. The van der Waals surface area contributed by atoms with E-state index in [1.54, 1.807) is 19.1 Å². The molecule has 27 heavy (non-hydrogen) atoms. The molecule has 0 amide bonds. The van der Waals surface area contributed by atoms with E-state index in [0.717, 1.165) is 6.42 Å². The monoisotopic (exact) mass is 389 g/mol. The maximum absolute atomic E-state index is 13.5. The van der Waals surface area contributed by atoms with Gasteiger partial charge in [-0.1, -0.05) is 6.07 Å². The van der Waals surface area contributed by atoms with Crippen molar-refractivity contribution in [1.82, 2.24) is 9.71 Å². The molecule has 2 unspecified atom stereocenters. The van der Waals surface area contributed by atoms with Crippen LogP contribution >= 0.6 is 0 Å². The van der Waals surface area contributed by atoms with Crippen molar-refractivity contribution in [3.05, 3.63) is 47.4 Å². The lowest BCUT2D eigenvalue weighted by Crippen LogP contribution is -2.39. The van der Waals surface area contributed by atoms with Crippen molar-refractivity contribution >= 4 is 10.0 Å². The first-order valence-corrected chi connectivity index (χ1v) is 10.2. The highest BCUT2D eigenvalue weighted by Crippen LogP contribution is 2.26. The van der Waals surface area contributed by atoms with Gasteiger partial charge < -0.3 is 5.11 Å². The third-order valence-electron chi connectivity index (χ3n) is 4.70. The third-order valence-corrected chi connectivity index (χ3v) is 6.22. The Bertz CT molecular complexity index is 1000. The zero-order valence-corrected chi connectivity index (χ0v) is 15.6. The Morgan fingerprint density at radius 1 is 1.30 bits per heavy atom. The standard InChI is InChI=1S/C19H20FN3O3S/c1-12-9-15(27(25,26)23-13-3-2-4-14(24)10-13)5-6-16(12)18-8-7-17(20)19(11-21)22-18/h5-9,13-14,23-24H,2-4,10H2,1H3. The van der Waals surface area contributed by atoms with Gasteiger partial charge in [0.2, 0.25) is 10.0 Å². The molecule has 6 nitrogen and oxygen atoms in total. The highest BCUT2D eigenvalue weighted by Gasteiger charge is 2.26. The van der Waals surface area contributed by atoms with Crippen LogP contribution in [-0.4, -0.2) is 30.7 Å². The fourth-order valence-corrected chi connectivity index (χ4v) is 4.69. The van der Waals surface area contributed by atoms with Gasteiger partial charge in [0.15, 0.2) is 11.5 Å². The molecular weight excluding hydrogens is 369 g/mol. The van der Waals surface area contributed by atoms with Crippen molar-refractivity contribution in [2.24, 2.45) is 0 Å². The van der Waals surface area contributed by atoms with Crippen LogP contribution in [0.1, 0.15) is 36.9 Å². The summed E-state index contributed by atoms with van der Waals surface area (Å²) in [6.45, 7) is 1.73. The molecule has 0 radical (unpaired) electrons. The van der Waals surface area contributed by atoms with E-state index < -0.39 is 21.9 Å². The van der Waals surface area contributed by atoms with Crippen LogP contribution in [0.3, 0.4) is 0 Å². The van der Waals surface area contributed by atoms with E-state index in [1.807, 2.05) is 0 Å². The van der Waals surface area contributed by atoms with E-state index >= 15 is 0 Å². The molecule has 0 bridgehead atoms. The van der Waals surface area contributed by atoms with Gasteiger partial charge in [-0.3, -0.25) is 0 Å². The summed E-state index contributed by atoms with van der Waals surface area (Å²) in [5.74, 6) is -0.697. The first kappa shape index (κ1) is 19.4. The van der Waals surface area contributed by atoms with Gasteiger partial charge in [-0.05, 0) is 62.4 Å². The van der Waals surface area contributed by atoms with Crippen LogP contribution < -0.4 is 4.72 Å². The fourth-order valence-electron chi connectivity index (χ4n) is 3.32. The number of hydrogen-bond acceptors (Lipinski definition) is 5. The second-order valence-corrected chi connectivity index (χ2v) is 8.47. The predicted octanol–water partition coefficient (Wildman–Crippen LogP) is 2.65. The minimum atomic E-state index is -3.72. The molecule has 0 saturated heterocycles. The van der Waals surface area contributed by atoms with Crippen molar-refractivity contribution in [1.29, 1.82) is 5.26 Å². The number of pyridine rings is 1. The van der Waals surface area contributed by atoms with Crippen LogP contribution in [0.5, 0.6) is 0 Å². The van der Waals surface area contributed by atoms with Crippen molar-refractivity contribution in [3.63, 3.8) is 0 Å². The minimum Gasteiger partial charge on any atom is -0.393 e. The Hall–Kier alpha value is -2.34. The molecule has 1 aliphatic rings. The Morgan fingerprint density at radius 3 is 2.74 bits per heavy atom. The van der Waals surface area contributed by atoms with E-state index in [-0.39, 0.29) is 16.6 Å². The molecule has 1 heterocycles. The predicted molar refractivity (Wildman–Crippen MR) is 97.7 cm³/mol. The topological polar surface area (TPSA) is 103 Å². The largest absolute Gasteiger partial charge is 0.393 e. The number of rotatable bonds is 4. The Balaban J connectivity index is 1.87. The number of aromatic nitrogens is 1. The second-order valence-electron chi connectivity index (χ2n) is 6.75. The SMILES string of the molecule is Cc1cc(S(=O)(=O)NC2CCCC(O)C2)ccc1-c1ccc(F)c(C#N)n1. The molecule has 1 aliphatic carbocycles. The van der Waals surface area contributed by atoms with Gasteiger partial charge in [0.25, 0.3) is 0 Å². The lowest BCUT2D eigenvalue weighted by Gasteiger charge is -2.26. The number of hydrogen-bond donors (Lipinski definition) is 2. The average molecular weight is 389 g/mol. The fraction of sp³-hybridized carbons (Fsp3) is 0.368. The molecule has 0 aliphatic heterocycles. The van der Waals surface area contributed by atoms with Crippen LogP contribution in [0, 0.1) is 24.1 Å². The van der Waals surface area contributed by atoms with Crippen LogP contribution in [0.15, 0.2) is 35.2 Å². The van der Waals surface area contributed by atoms with Crippen molar-refractivity contribution in [2.75, 3.05) is 0 Å². The van der Waals surface area contributed by atoms with E-state index in [4.69, 9.17) is 5.26 Å². The van der Waals surface area contributed by atoms with Crippen molar-refractivity contribution < 1.29 is 17.9 Å². The van der Waals surface area contributed by atoms with Gasteiger partial charge in [-0.2, -0.15) is 5.26 Å². The highest BCUT2D eigenvalue weighted by molar-refractivity contribution is 7.89. The molecule has 0 spiro atoms. The van der Waals surface area contributed by atoms with Gasteiger partial charge in [-0.25, -0.2) is 22.5 Å². The Morgan fingerprint density at radius 2 is 2.07 bits per heavy atom. The summed E-state index contributed by atoms with van der Waals surface area (Å²) < 4.78 is 41.4. The molecule has 2 N–H and O–H groups in total. The normalized spacial score (nSPS) is 20.2. The first-order chi connectivity index (χ1) is 12.8. The van der Waals surface area contributed by atoms with Crippen molar-refractivity contribution in [2.45, 2.75) is 49.6 Å². The number of halogens is 1. The molecule has 1 aromatic carbocycles. The zero-order valence-electron chi connectivity index (χ0n) is 14.8. The summed E-state index contributed by atoms with van der Waals surface area (Å²) in [6, 6.07) is 8.62. The van der Waals surface area contributed by atoms with Crippen LogP contribution in [0.2, 0.25) is 0 Å². The number of aryl methyl sites for hydroxylation is 1. The molecule has 1 saturated carbocycles. The number of benzene rings is 1. The third kappa shape index (κ3) is 4.33. The molecule has 1 aromatic heterocycles. The summed E-state index contributed by atoms with van der Waals surface area (Å²) in [4.78, 5) is 4.10. The van der Waals surface area contributed by atoms with Crippen LogP contribution in [0.4, 0.5) is 4.39 Å². The molecular formula is C19H20FN3O3S. The lowest BCUT2D eigenvalue weighted by molar-refractivity contribution is 0.117. The van der Waals surface area contributed by atoms with Crippen LogP contribution in [-0.2, 0) is 10.0 Å². The first-order valence-electron chi connectivity index (χ1n) is 8.68. The summed E-state index contributed by atoms with van der Waals surface area (Å²) in [5.41, 5.74) is 1.36. The number of nitriles is 1. The van der Waals surface area contributed by atoms with Gasteiger partial charge in [0, 0.05) is 11.6 Å². The molecule has 2 aromatic rings. The van der Waals surface area contributed by atoms with Crippen LogP contribution in [0.25, 0.3) is 11.3 Å². The smallest absolute Gasteiger partial charge is 0.240 e. The maximum Gasteiger partial charge on any atom is 0.240 e. The van der Waals surface area contributed by atoms with E-state index in [2.05, 4.69) is 9.71 Å². The van der Waals surface area contributed by atoms with Crippen molar-refractivity contribution in [3.8, 4) is 17.3 Å². The average Bonchev–Trinajstić information content (AvgIpc) is 2.62. The quantitative estimate of drug-likeness (QED) is 0.837. The molecule has 3 rings (SSSR count). The summed E-state index contributed by atoms with van der Waals surface area (Å²) in [6.07, 6.45) is 2.11. The van der Waals surface area contributed by atoms with E-state index in [0.29, 0.717) is 36.1 Å². The highest BCUT2D eigenvalue weighted by atomic mass is 32.2. The number of sulfonamides is 1. The lowest BCUT2D eigenvalue weighted by atomic mass is 9.94. The molecule has 142 valence electrons. The molecule has 8 heteroatoms. The second kappa shape index (κ2) is 7.72. The Kier molecular flexibility index (Phi) is 5.56. The zero-order chi connectivity index (χ0) is 19.6. The number of nitrogens with zero attached hydrogens (tertiary/aromatic N) is 2. The van der Waals surface area contributed by atoms with Gasteiger partial charge >= 0.3 is 0 Å². The summed E-state index contributed by atoms with van der Waals surface area (Å²) >= 11 is 0. The number of aliphatic hydroxyl groups is 1. The molecule has 1 fully saturated rings. The minimum absolute atomic E-state index is 0.117. The van der Waals surface area contributed by atoms with Gasteiger partial charge in [-0.15, -0.1) is 0 Å². The van der Waals surface area contributed by atoms with E-state index in [1.165, 1.54) is 24.3 Å². The Labute approximate surface area is 157 Å². The summed E-state index contributed by atoms with van der Waals surface area (Å²) in [7, 11) is -3.72. The van der Waals surface area contributed by atoms with Gasteiger partial charge in [0.1, 0.15) is 6.07 Å². The maximum atomic E-state index is 13.5. The van der Waals surface area contributed by atoms with Gasteiger partial charge in [0.05, 0.1) is 16.7 Å².